The van der Waals surface area contributed by atoms with Gasteiger partial charge in [-0.05, 0) is 55.7 Å². The summed E-state index contributed by atoms with van der Waals surface area (Å²) in [5, 5.41) is 0. The maximum Gasteiger partial charge on any atom is 0.223 e. The molecule has 2 aliphatic rings. The highest BCUT2D eigenvalue weighted by atomic mass is 16.2. The van der Waals surface area contributed by atoms with Gasteiger partial charge in [0.2, 0.25) is 5.91 Å². The van der Waals surface area contributed by atoms with Crippen molar-refractivity contribution in [3.8, 4) is 0 Å². The van der Waals surface area contributed by atoms with Gasteiger partial charge in [0.15, 0.2) is 0 Å². The van der Waals surface area contributed by atoms with Crippen LogP contribution in [0.5, 0.6) is 0 Å². The molecule has 1 aliphatic heterocycles. The number of piperidine rings is 1. The Hall–Kier alpha value is -1.68. The van der Waals surface area contributed by atoms with Gasteiger partial charge < -0.3 is 9.80 Å². The third-order valence-corrected chi connectivity index (χ3v) is 5.51. The lowest BCUT2D eigenvalue weighted by Gasteiger charge is -2.37. The Balaban J connectivity index is 1.39. The predicted octanol–water partition coefficient (Wildman–Crippen LogP) is 2.90. The summed E-state index contributed by atoms with van der Waals surface area (Å²) in [6, 6.07) is 4.60. The second-order valence-electron chi connectivity index (χ2n) is 7.15. The number of nitrogens with zero attached hydrogens (tertiary/aromatic N) is 3. The third-order valence-electron chi connectivity index (χ3n) is 5.51. The monoisotopic (exact) mass is 327 g/mol. The Morgan fingerprint density at radius 3 is 2.67 bits per heavy atom. The van der Waals surface area contributed by atoms with Crippen molar-refractivity contribution in [1.82, 2.24) is 14.8 Å². The first-order valence-electron chi connectivity index (χ1n) is 9.26. The molecule has 130 valence electrons. The second-order valence-corrected chi connectivity index (χ2v) is 7.15. The minimum Gasteiger partial charge on any atom is -0.343 e. The number of likely N-dealkylation sites (tertiary alicyclic amines) is 1. The summed E-state index contributed by atoms with van der Waals surface area (Å²) < 4.78 is 0. The Morgan fingerprint density at radius 2 is 2.00 bits per heavy atom. The molecule has 0 radical (unpaired) electrons. The van der Waals surface area contributed by atoms with Crippen molar-refractivity contribution < 1.29 is 4.79 Å². The Bertz CT molecular complexity index is 549. The SMILES string of the molecule is CN(C(=O)CC1C=CCC1)C1CCN(CCc2ccncc2)CC1. The number of allylic oxidation sites excluding steroid dienone is 2. The molecule has 1 unspecified atom stereocenters. The molecule has 1 atom stereocenters. The number of hydrogen-bond acceptors (Lipinski definition) is 3. The molecule has 3 rings (SSSR count). The lowest BCUT2D eigenvalue weighted by atomic mass is 10.00. The van der Waals surface area contributed by atoms with Crippen molar-refractivity contribution in [3.05, 3.63) is 42.2 Å². The fourth-order valence-corrected chi connectivity index (χ4v) is 3.80. The maximum absolute atomic E-state index is 12.5. The quantitative estimate of drug-likeness (QED) is 0.754. The zero-order valence-corrected chi connectivity index (χ0v) is 14.7. The molecular formula is C20H29N3O. The lowest BCUT2D eigenvalue weighted by molar-refractivity contribution is -0.133. The smallest absolute Gasteiger partial charge is 0.223 e. The molecule has 1 fully saturated rings. The highest BCUT2D eigenvalue weighted by Crippen LogP contribution is 2.23. The van der Waals surface area contributed by atoms with Crippen molar-refractivity contribution in [3.63, 3.8) is 0 Å². The molecule has 1 amide bonds. The average Bonchev–Trinajstić information content (AvgIpc) is 3.13. The molecular weight excluding hydrogens is 298 g/mol. The van der Waals surface area contributed by atoms with Crippen molar-refractivity contribution in [1.29, 1.82) is 0 Å². The van der Waals surface area contributed by atoms with Crippen molar-refractivity contribution in [2.75, 3.05) is 26.7 Å². The van der Waals surface area contributed by atoms with E-state index in [4.69, 9.17) is 0 Å². The fourth-order valence-electron chi connectivity index (χ4n) is 3.80. The molecule has 1 saturated heterocycles. The average molecular weight is 327 g/mol. The number of pyridine rings is 1. The zero-order valence-electron chi connectivity index (χ0n) is 14.7. The van der Waals surface area contributed by atoms with Crippen molar-refractivity contribution in [2.45, 2.75) is 44.6 Å². The fraction of sp³-hybridized carbons (Fsp3) is 0.600. The van der Waals surface area contributed by atoms with E-state index in [1.165, 1.54) is 5.56 Å². The summed E-state index contributed by atoms with van der Waals surface area (Å²) in [5.41, 5.74) is 1.35. The van der Waals surface area contributed by atoms with Gasteiger partial charge in [0.25, 0.3) is 0 Å². The van der Waals surface area contributed by atoms with E-state index in [2.05, 4.69) is 34.2 Å². The summed E-state index contributed by atoms with van der Waals surface area (Å²) in [6.45, 7) is 3.29. The van der Waals surface area contributed by atoms with Gasteiger partial charge in [-0.15, -0.1) is 0 Å². The van der Waals surface area contributed by atoms with E-state index in [1.807, 2.05) is 24.3 Å². The molecule has 0 spiro atoms. The third kappa shape index (κ3) is 4.67. The van der Waals surface area contributed by atoms with Crippen LogP contribution in [-0.4, -0.2) is 53.4 Å². The van der Waals surface area contributed by atoms with E-state index < -0.39 is 0 Å². The molecule has 1 aromatic rings. The number of carbonyl (C=O) groups excluding carboxylic acids is 1. The maximum atomic E-state index is 12.5. The van der Waals surface area contributed by atoms with E-state index >= 15 is 0 Å². The van der Waals surface area contributed by atoms with Gasteiger partial charge in [0.1, 0.15) is 0 Å². The number of amides is 1. The highest BCUT2D eigenvalue weighted by Gasteiger charge is 2.26. The lowest BCUT2D eigenvalue weighted by Crippen LogP contribution is -2.46. The topological polar surface area (TPSA) is 36.4 Å². The molecule has 2 heterocycles. The zero-order chi connectivity index (χ0) is 16.8. The molecule has 1 aliphatic carbocycles. The molecule has 4 heteroatoms. The number of hydrogen-bond donors (Lipinski definition) is 0. The minimum absolute atomic E-state index is 0.321. The summed E-state index contributed by atoms with van der Waals surface area (Å²) >= 11 is 0. The van der Waals surface area contributed by atoms with Crippen LogP contribution >= 0.6 is 0 Å². The van der Waals surface area contributed by atoms with Crippen LogP contribution in [0.15, 0.2) is 36.7 Å². The van der Waals surface area contributed by atoms with Crippen molar-refractivity contribution in [2.24, 2.45) is 5.92 Å². The molecule has 1 aromatic heterocycles. The van der Waals surface area contributed by atoms with Gasteiger partial charge in [-0.1, -0.05) is 12.2 Å². The van der Waals surface area contributed by atoms with E-state index in [-0.39, 0.29) is 0 Å². The Labute approximate surface area is 145 Å². The van der Waals surface area contributed by atoms with Crippen LogP contribution in [-0.2, 0) is 11.2 Å². The van der Waals surface area contributed by atoms with Crippen molar-refractivity contribution >= 4 is 5.91 Å². The minimum atomic E-state index is 0.321. The Morgan fingerprint density at radius 1 is 1.25 bits per heavy atom. The molecule has 0 N–H and O–H groups in total. The van der Waals surface area contributed by atoms with Gasteiger partial charge in [-0.3, -0.25) is 9.78 Å². The van der Waals surface area contributed by atoms with Crippen LogP contribution in [0.3, 0.4) is 0 Å². The van der Waals surface area contributed by atoms with Gasteiger partial charge in [0, 0.05) is 51.5 Å². The van der Waals surface area contributed by atoms with E-state index in [9.17, 15) is 4.79 Å². The van der Waals surface area contributed by atoms with Gasteiger partial charge in [-0.2, -0.15) is 0 Å². The largest absolute Gasteiger partial charge is 0.343 e. The molecule has 0 bridgehead atoms. The van der Waals surface area contributed by atoms with Crippen LogP contribution in [0.4, 0.5) is 0 Å². The van der Waals surface area contributed by atoms with E-state index in [0.717, 1.165) is 51.7 Å². The first kappa shape index (κ1) is 17.2. The van der Waals surface area contributed by atoms with Gasteiger partial charge >= 0.3 is 0 Å². The van der Waals surface area contributed by atoms with Crippen LogP contribution in [0.25, 0.3) is 0 Å². The molecule has 0 aromatic carbocycles. The number of rotatable bonds is 6. The highest BCUT2D eigenvalue weighted by molar-refractivity contribution is 5.76. The van der Waals surface area contributed by atoms with Crippen LogP contribution in [0.2, 0.25) is 0 Å². The summed E-state index contributed by atoms with van der Waals surface area (Å²) in [6.07, 6.45) is 14.4. The molecule has 24 heavy (non-hydrogen) atoms. The van der Waals surface area contributed by atoms with Gasteiger partial charge in [0.05, 0.1) is 0 Å². The summed E-state index contributed by atoms with van der Waals surface area (Å²) in [4.78, 5) is 21.1. The van der Waals surface area contributed by atoms with Gasteiger partial charge in [-0.25, -0.2) is 0 Å². The summed E-state index contributed by atoms with van der Waals surface area (Å²) in [7, 11) is 2.00. The number of carbonyl (C=O) groups is 1. The van der Waals surface area contributed by atoms with Crippen LogP contribution < -0.4 is 0 Å². The molecule has 4 nitrogen and oxygen atoms in total. The number of aromatic nitrogens is 1. The van der Waals surface area contributed by atoms with E-state index in [0.29, 0.717) is 24.3 Å². The van der Waals surface area contributed by atoms with E-state index in [1.54, 1.807) is 0 Å². The molecule has 0 saturated carbocycles. The first-order valence-corrected chi connectivity index (χ1v) is 9.26. The summed E-state index contributed by atoms with van der Waals surface area (Å²) in [5.74, 6) is 0.794. The Kier molecular flexibility index (Phi) is 6.02. The predicted molar refractivity (Wildman–Crippen MR) is 96.7 cm³/mol. The van der Waals surface area contributed by atoms with Crippen LogP contribution in [0, 0.1) is 5.92 Å². The standard InChI is InChI=1S/C20H29N3O/c1-22(20(24)16-18-4-2-3-5-18)19-9-14-23(15-10-19)13-8-17-6-11-21-12-7-17/h2,4,6-7,11-12,18-19H,3,5,8-10,13-16H2,1H3. The second kappa shape index (κ2) is 8.43. The normalized spacial score (nSPS) is 22.0. The first-order chi connectivity index (χ1) is 11.7. The van der Waals surface area contributed by atoms with Crippen LogP contribution in [0.1, 0.15) is 37.7 Å².